The number of alkyl halides is 1. The molecule has 0 rings (SSSR count). The zero-order valence-corrected chi connectivity index (χ0v) is 9.46. The predicted molar refractivity (Wildman–Crippen MR) is 53.3 cm³/mol. The Bertz CT molecular complexity index is 102. The van der Waals surface area contributed by atoms with Crippen molar-refractivity contribution in [2.24, 2.45) is 0 Å². The quantitative estimate of drug-likeness (QED) is 0.480. The summed E-state index contributed by atoms with van der Waals surface area (Å²) in [6.07, 6.45) is -0.432. The van der Waals surface area contributed by atoms with E-state index in [0.717, 1.165) is 0 Å². The maximum absolute atomic E-state index is 9.07. The minimum absolute atomic E-state index is 0.346. The number of methoxy groups -OCH3 is 1. The number of aliphatic hydroxyl groups excluding tert-OH is 1. The van der Waals surface area contributed by atoms with Crippen molar-refractivity contribution >= 4 is 15.9 Å². The molecule has 0 aromatic carbocycles. The first kappa shape index (κ1) is 13.3. The first-order valence-electron chi connectivity index (χ1n) is 4.19. The van der Waals surface area contributed by atoms with Gasteiger partial charge < -0.3 is 19.3 Å². The van der Waals surface area contributed by atoms with Crippen LogP contribution in [0.25, 0.3) is 0 Å². The summed E-state index contributed by atoms with van der Waals surface area (Å²) in [6.45, 7) is 2.58. The standard InChI is InChI=1S/C8H17BrO4/c1-11-2-3-12-4-5-13-7-8(10)6-9/h8,10H,2-7H2,1H3. The fourth-order valence-corrected chi connectivity index (χ4v) is 0.813. The molecule has 1 unspecified atom stereocenters. The van der Waals surface area contributed by atoms with Gasteiger partial charge in [0, 0.05) is 12.4 Å². The van der Waals surface area contributed by atoms with Crippen LogP contribution < -0.4 is 0 Å². The molecule has 1 N–H and O–H groups in total. The van der Waals surface area contributed by atoms with Gasteiger partial charge in [0.25, 0.3) is 0 Å². The van der Waals surface area contributed by atoms with Crippen LogP contribution in [0.3, 0.4) is 0 Å². The maximum atomic E-state index is 9.07. The highest BCUT2D eigenvalue weighted by atomic mass is 79.9. The maximum Gasteiger partial charge on any atom is 0.0870 e. The van der Waals surface area contributed by atoms with Crippen molar-refractivity contribution in [1.82, 2.24) is 0 Å². The van der Waals surface area contributed by atoms with Crippen molar-refractivity contribution in [3.63, 3.8) is 0 Å². The Morgan fingerprint density at radius 2 is 1.77 bits per heavy atom. The van der Waals surface area contributed by atoms with Crippen LogP contribution in [0, 0.1) is 0 Å². The molecule has 80 valence electrons. The van der Waals surface area contributed by atoms with E-state index < -0.39 is 6.10 Å². The summed E-state index contributed by atoms with van der Waals surface area (Å²) in [5, 5.41) is 9.61. The fourth-order valence-electron chi connectivity index (χ4n) is 0.626. The second-order valence-corrected chi connectivity index (χ2v) is 3.14. The third kappa shape index (κ3) is 10.2. The van der Waals surface area contributed by atoms with Crippen LogP contribution in [-0.4, -0.2) is 56.7 Å². The van der Waals surface area contributed by atoms with Gasteiger partial charge in [0.2, 0.25) is 0 Å². The highest BCUT2D eigenvalue weighted by Gasteiger charge is 2.00. The molecule has 0 aromatic rings. The van der Waals surface area contributed by atoms with E-state index in [-0.39, 0.29) is 0 Å². The van der Waals surface area contributed by atoms with Crippen LogP contribution >= 0.6 is 15.9 Å². The summed E-state index contributed by atoms with van der Waals surface area (Å²) in [7, 11) is 1.63. The minimum Gasteiger partial charge on any atom is -0.390 e. The predicted octanol–water partition coefficient (Wildman–Crippen LogP) is 0.422. The van der Waals surface area contributed by atoms with E-state index in [4.69, 9.17) is 19.3 Å². The van der Waals surface area contributed by atoms with Crippen LogP contribution in [0.2, 0.25) is 0 Å². The molecule has 0 amide bonds. The first-order chi connectivity index (χ1) is 6.31. The Hall–Kier alpha value is 0.320. The van der Waals surface area contributed by atoms with E-state index in [9.17, 15) is 0 Å². The highest BCUT2D eigenvalue weighted by molar-refractivity contribution is 9.09. The molecule has 0 aromatic heterocycles. The van der Waals surface area contributed by atoms with Gasteiger partial charge in [-0.15, -0.1) is 0 Å². The lowest BCUT2D eigenvalue weighted by Gasteiger charge is -2.08. The molecule has 13 heavy (non-hydrogen) atoms. The minimum atomic E-state index is -0.432. The average molecular weight is 257 g/mol. The van der Waals surface area contributed by atoms with E-state index >= 15 is 0 Å². The molecule has 0 saturated heterocycles. The third-order valence-corrected chi connectivity index (χ3v) is 2.04. The van der Waals surface area contributed by atoms with Crippen LogP contribution in [0.4, 0.5) is 0 Å². The normalized spacial score (nSPS) is 13.2. The zero-order chi connectivity index (χ0) is 9.94. The number of rotatable bonds is 9. The lowest BCUT2D eigenvalue weighted by molar-refractivity contribution is 0.000385. The van der Waals surface area contributed by atoms with E-state index in [0.29, 0.717) is 38.4 Å². The van der Waals surface area contributed by atoms with Crippen molar-refractivity contribution in [2.75, 3.05) is 45.5 Å². The van der Waals surface area contributed by atoms with E-state index in [2.05, 4.69) is 15.9 Å². The van der Waals surface area contributed by atoms with Gasteiger partial charge in [0.1, 0.15) is 0 Å². The number of hydrogen-bond acceptors (Lipinski definition) is 4. The van der Waals surface area contributed by atoms with Gasteiger partial charge >= 0.3 is 0 Å². The van der Waals surface area contributed by atoms with Gasteiger partial charge in [-0.3, -0.25) is 0 Å². The molecule has 0 radical (unpaired) electrons. The van der Waals surface area contributed by atoms with Gasteiger partial charge in [-0.1, -0.05) is 15.9 Å². The molecule has 0 saturated carbocycles. The molecule has 0 bridgehead atoms. The van der Waals surface area contributed by atoms with Gasteiger partial charge in [0.15, 0.2) is 0 Å². The number of halogens is 1. The molecule has 0 aliphatic heterocycles. The number of hydrogen-bond donors (Lipinski definition) is 1. The topological polar surface area (TPSA) is 47.9 Å². The van der Waals surface area contributed by atoms with Crippen LogP contribution in [-0.2, 0) is 14.2 Å². The summed E-state index contributed by atoms with van der Waals surface area (Å²) < 4.78 is 15.1. The van der Waals surface area contributed by atoms with Gasteiger partial charge in [-0.25, -0.2) is 0 Å². The number of ether oxygens (including phenoxy) is 3. The second-order valence-electron chi connectivity index (χ2n) is 2.49. The molecule has 0 aliphatic rings. The first-order valence-corrected chi connectivity index (χ1v) is 5.32. The Morgan fingerprint density at radius 3 is 2.38 bits per heavy atom. The summed E-state index contributed by atoms with van der Waals surface area (Å²) >= 11 is 3.14. The van der Waals surface area contributed by atoms with Gasteiger partial charge in [-0.05, 0) is 0 Å². The van der Waals surface area contributed by atoms with Crippen LogP contribution in [0.15, 0.2) is 0 Å². The molecule has 0 aliphatic carbocycles. The van der Waals surface area contributed by atoms with Crippen LogP contribution in [0.5, 0.6) is 0 Å². The van der Waals surface area contributed by atoms with Crippen molar-refractivity contribution in [3.05, 3.63) is 0 Å². The molecule has 5 heteroatoms. The van der Waals surface area contributed by atoms with Gasteiger partial charge in [0.05, 0.1) is 39.1 Å². The second kappa shape index (κ2) is 10.4. The average Bonchev–Trinajstić information content (AvgIpc) is 2.16. The molecular weight excluding hydrogens is 240 g/mol. The Balaban J connectivity index is 2.91. The van der Waals surface area contributed by atoms with Crippen molar-refractivity contribution in [1.29, 1.82) is 0 Å². The van der Waals surface area contributed by atoms with Crippen LogP contribution in [0.1, 0.15) is 0 Å². The Morgan fingerprint density at radius 1 is 1.15 bits per heavy atom. The lowest BCUT2D eigenvalue weighted by atomic mass is 10.4. The van der Waals surface area contributed by atoms with Crippen molar-refractivity contribution in [2.45, 2.75) is 6.10 Å². The molecule has 4 nitrogen and oxygen atoms in total. The van der Waals surface area contributed by atoms with E-state index in [1.54, 1.807) is 7.11 Å². The highest BCUT2D eigenvalue weighted by Crippen LogP contribution is 1.91. The Kier molecular flexibility index (Phi) is 10.7. The summed E-state index contributed by atoms with van der Waals surface area (Å²) in [5.74, 6) is 0. The summed E-state index contributed by atoms with van der Waals surface area (Å²) in [5.41, 5.74) is 0. The van der Waals surface area contributed by atoms with Crippen molar-refractivity contribution < 1.29 is 19.3 Å². The molecular formula is C8H17BrO4. The molecule has 0 fully saturated rings. The third-order valence-electron chi connectivity index (χ3n) is 1.29. The van der Waals surface area contributed by atoms with Crippen molar-refractivity contribution in [3.8, 4) is 0 Å². The molecule has 0 spiro atoms. The van der Waals surface area contributed by atoms with Gasteiger partial charge in [-0.2, -0.15) is 0 Å². The largest absolute Gasteiger partial charge is 0.390 e. The SMILES string of the molecule is COCCOCCOCC(O)CBr. The lowest BCUT2D eigenvalue weighted by Crippen LogP contribution is -2.18. The zero-order valence-electron chi connectivity index (χ0n) is 7.87. The molecule has 1 atom stereocenters. The molecule has 0 heterocycles. The van der Waals surface area contributed by atoms with E-state index in [1.807, 2.05) is 0 Å². The summed E-state index contributed by atoms with van der Waals surface area (Å²) in [6, 6.07) is 0. The monoisotopic (exact) mass is 256 g/mol. The number of aliphatic hydroxyl groups is 1. The van der Waals surface area contributed by atoms with E-state index in [1.165, 1.54) is 0 Å². The summed E-state index contributed by atoms with van der Waals surface area (Å²) in [4.78, 5) is 0. The smallest absolute Gasteiger partial charge is 0.0870 e. The Labute approximate surface area is 87.3 Å². The fraction of sp³-hybridized carbons (Fsp3) is 1.00.